The highest BCUT2D eigenvalue weighted by atomic mass is 32.2. The highest BCUT2D eigenvalue weighted by molar-refractivity contribution is 7.97. The van der Waals surface area contributed by atoms with Crippen LogP contribution in [-0.4, -0.2) is 45.5 Å². The van der Waals surface area contributed by atoms with E-state index in [1.807, 2.05) is 19.9 Å². The molecule has 0 radical (unpaired) electrons. The maximum atomic E-state index is 12.0. The van der Waals surface area contributed by atoms with Gasteiger partial charge in [0, 0.05) is 37.9 Å². The molecule has 1 aliphatic rings. The summed E-state index contributed by atoms with van der Waals surface area (Å²) in [5, 5.41) is 25.7. The molecule has 0 saturated carbocycles. The number of rotatable bonds is 10. The Labute approximate surface area is 197 Å². The minimum atomic E-state index is -0.938. The molecule has 9 nitrogen and oxygen atoms in total. The second kappa shape index (κ2) is 10.3. The van der Waals surface area contributed by atoms with E-state index in [2.05, 4.69) is 27.1 Å². The van der Waals surface area contributed by atoms with Crippen molar-refractivity contribution in [2.45, 2.75) is 44.3 Å². The van der Waals surface area contributed by atoms with Crippen molar-refractivity contribution in [2.75, 3.05) is 18.4 Å². The minimum absolute atomic E-state index is 0.0354. The van der Waals surface area contributed by atoms with E-state index < -0.39 is 17.9 Å². The van der Waals surface area contributed by atoms with Crippen LogP contribution in [0, 0.1) is 5.41 Å². The quantitative estimate of drug-likeness (QED) is 0.286. The van der Waals surface area contributed by atoms with Crippen LogP contribution in [0.3, 0.4) is 0 Å². The van der Waals surface area contributed by atoms with E-state index in [1.165, 1.54) is 29.1 Å². The van der Waals surface area contributed by atoms with Crippen molar-refractivity contribution in [1.82, 2.24) is 9.62 Å². The van der Waals surface area contributed by atoms with E-state index in [9.17, 15) is 19.8 Å². The van der Waals surface area contributed by atoms with E-state index in [1.54, 1.807) is 12.1 Å². The predicted octanol–water partition coefficient (Wildman–Crippen LogP) is 1.88. The molecule has 8 N–H and O–H groups in total. The predicted molar refractivity (Wildman–Crippen MR) is 128 cm³/mol. The first-order chi connectivity index (χ1) is 15.5. The van der Waals surface area contributed by atoms with Gasteiger partial charge in [0.15, 0.2) is 0 Å². The van der Waals surface area contributed by atoms with Crippen molar-refractivity contribution in [2.24, 2.45) is 16.9 Å². The second-order valence-electron chi connectivity index (χ2n) is 9.04. The van der Waals surface area contributed by atoms with E-state index in [0.29, 0.717) is 18.0 Å². The van der Waals surface area contributed by atoms with Gasteiger partial charge >= 0.3 is 0 Å². The lowest BCUT2D eigenvalue weighted by Crippen LogP contribution is -2.46. The van der Waals surface area contributed by atoms with Gasteiger partial charge in [-0.2, -0.15) is 0 Å². The lowest BCUT2D eigenvalue weighted by molar-refractivity contribution is -0.126. The van der Waals surface area contributed by atoms with Gasteiger partial charge in [-0.05, 0) is 52.8 Å². The number of anilines is 1. The van der Waals surface area contributed by atoms with Crippen molar-refractivity contribution in [3.05, 3.63) is 47.5 Å². The average Bonchev–Trinajstić information content (AvgIpc) is 3.14. The summed E-state index contributed by atoms with van der Waals surface area (Å²) >= 11 is 1.45. The number of hydrogen-bond acceptors (Lipinski definition) is 8. The molecular weight excluding hydrogens is 442 g/mol. The zero-order chi connectivity index (χ0) is 24.2. The Bertz CT molecular complexity index is 1030. The van der Waals surface area contributed by atoms with Crippen molar-refractivity contribution < 1.29 is 19.8 Å². The summed E-state index contributed by atoms with van der Waals surface area (Å²) in [4.78, 5) is 23.6. The SMILES string of the molecule is CC(C)(CNC(=O)C(N)CC(N)=O)CNc1ccc2c(c1)CN(Sc1ccc(O)cc1O)C2. The molecule has 0 aromatic heterocycles. The molecule has 2 aromatic rings. The Kier molecular flexibility index (Phi) is 7.72. The molecule has 3 rings (SSSR count). The number of amides is 2. The lowest BCUT2D eigenvalue weighted by atomic mass is 9.93. The van der Waals surface area contributed by atoms with Crippen LogP contribution in [0.1, 0.15) is 31.4 Å². The highest BCUT2D eigenvalue weighted by Gasteiger charge is 2.24. The Morgan fingerprint density at radius 1 is 1.12 bits per heavy atom. The fourth-order valence-electron chi connectivity index (χ4n) is 3.43. The van der Waals surface area contributed by atoms with Gasteiger partial charge in [0.05, 0.1) is 17.4 Å². The molecule has 0 bridgehead atoms. The van der Waals surface area contributed by atoms with Crippen LogP contribution in [0.15, 0.2) is 41.3 Å². The number of aromatic hydroxyl groups is 2. The van der Waals surface area contributed by atoms with Gasteiger partial charge in [-0.25, -0.2) is 4.31 Å². The highest BCUT2D eigenvalue weighted by Crippen LogP contribution is 2.38. The van der Waals surface area contributed by atoms with Gasteiger partial charge in [-0.1, -0.05) is 19.9 Å². The number of hydrogen-bond donors (Lipinski definition) is 6. The number of fused-ring (bicyclic) bond motifs is 1. The Balaban J connectivity index is 1.51. The molecule has 2 aromatic carbocycles. The zero-order valence-electron chi connectivity index (χ0n) is 18.8. The van der Waals surface area contributed by atoms with Crippen LogP contribution in [0.25, 0.3) is 0 Å². The first kappa shape index (κ1) is 24.7. The summed E-state index contributed by atoms with van der Waals surface area (Å²) in [6, 6.07) is 9.89. The fraction of sp³-hybridized carbons (Fsp3) is 0.391. The summed E-state index contributed by atoms with van der Waals surface area (Å²) < 4.78 is 2.15. The topological polar surface area (TPSA) is 154 Å². The molecular formula is C23H31N5O4S. The van der Waals surface area contributed by atoms with E-state index >= 15 is 0 Å². The number of benzene rings is 2. The number of phenols is 2. The van der Waals surface area contributed by atoms with Gasteiger partial charge in [0.2, 0.25) is 11.8 Å². The Morgan fingerprint density at radius 3 is 2.55 bits per heavy atom. The van der Waals surface area contributed by atoms with Crippen LogP contribution in [-0.2, 0) is 22.7 Å². The van der Waals surface area contributed by atoms with Gasteiger partial charge in [0.25, 0.3) is 0 Å². The van der Waals surface area contributed by atoms with Crippen LogP contribution in [0.5, 0.6) is 11.5 Å². The first-order valence-corrected chi connectivity index (χ1v) is 11.4. The number of primary amides is 1. The summed E-state index contributed by atoms with van der Waals surface area (Å²) in [7, 11) is 0. The molecule has 0 aliphatic carbocycles. The van der Waals surface area contributed by atoms with Crippen molar-refractivity contribution in [3.8, 4) is 11.5 Å². The van der Waals surface area contributed by atoms with Crippen molar-refractivity contribution in [3.63, 3.8) is 0 Å². The normalized spacial score (nSPS) is 14.5. The van der Waals surface area contributed by atoms with E-state index in [4.69, 9.17) is 11.5 Å². The molecule has 33 heavy (non-hydrogen) atoms. The number of nitrogens with zero attached hydrogens (tertiary/aromatic N) is 1. The van der Waals surface area contributed by atoms with Gasteiger partial charge in [-0.3, -0.25) is 9.59 Å². The van der Waals surface area contributed by atoms with Crippen LogP contribution >= 0.6 is 11.9 Å². The van der Waals surface area contributed by atoms with Gasteiger partial charge < -0.3 is 32.3 Å². The molecule has 2 amide bonds. The number of phenolic OH excluding ortho intramolecular Hbond substituents is 2. The maximum absolute atomic E-state index is 12.0. The van der Waals surface area contributed by atoms with Gasteiger partial charge in [0.1, 0.15) is 11.5 Å². The summed E-state index contributed by atoms with van der Waals surface area (Å²) in [5.41, 5.74) is 13.9. The summed E-state index contributed by atoms with van der Waals surface area (Å²) in [6.45, 7) is 6.55. The molecule has 1 heterocycles. The van der Waals surface area contributed by atoms with Crippen LogP contribution in [0.2, 0.25) is 0 Å². The lowest BCUT2D eigenvalue weighted by Gasteiger charge is -2.26. The molecule has 178 valence electrons. The number of nitrogens with one attached hydrogen (secondary N) is 2. The molecule has 0 fully saturated rings. The average molecular weight is 474 g/mol. The third kappa shape index (κ3) is 7.01. The molecule has 0 saturated heterocycles. The third-order valence-electron chi connectivity index (χ3n) is 5.34. The standard InChI is InChI=1S/C23H31N5O4S/c1-23(2,13-27-22(32)18(24)9-21(25)31)12-26-16-4-3-14-10-28(11-15(14)7-16)33-20-6-5-17(29)8-19(20)30/h3-8,18,26,29-30H,9-13,24H2,1-2H3,(H2,25,31)(H,27,32). The number of carbonyl (C=O) groups is 2. The first-order valence-electron chi connectivity index (χ1n) is 10.6. The van der Waals surface area contributed by atoms with E-state index in [-0.39, 0.29) is 23.3 Å². The number of carbonyl (C=O) groups excluding carboxylic acids is 2. The smallest absolute Gasteiger partial charge is 0.237 e. The molecule has 1 atom stereocenters. The fourth-order valence-corrected chi connectivity index (χ4v) is 4.40. The van der Waals surface area contributed by atoms with Gasteiger partial charge in [-0.15, -0.1) is 0 Å². The Hall–Kier alpha value is -2.95. The minimum Gasteiger partial charge on any atom is -0.508 e. The second-order valence-corrected chi connectivity index (χ2v) is 10.2. The largest absolute Gasteiger partial charge is 0.508 e. The number of nitrogens with two attached hydrogens (primary N) is 2. The summed E-state index contributed by atoms with van der Waals surface area (Å²) in [6.07, 6.45) is -0.179. The zero-order valence-corrected chi connectivity index (χ0v) is 19.6. The monoisotopic (exact) mass is 473 g/mol. The molecule has 0 spiro atoms. The van der Waals surface area contributed by atoms with Crippen molar-refractivity contribution in [1.29, 1.82) is 0 Å². The molecule has 1 aliphatic heterocycles. The van der Waals surface area contributed by atoms with Crippen LogP contribution < -0.4 is 22.1 Å². The summed E-state index contributed by atoms with van der Waals surface area (Å²) in [5.74, 6) is -0.903. The van der Waals surface area contributed by atoms with Crippen molar-refractivity contribution >= 4 is 29.4 Å². The molecule has 10 heteroatoms. The van der Waals surface area contributed by atoms with E-state index in [0.717, 1.165) is 18.8 Å². The molecule has 1 unspecified atom stereocenters. The Morgan fingerprint density at radius 2 is 1.85 bits per heavy atom. The third-order valence-corrected chi connectivity index (χ3v) is 6.40. The van der Waals surface area contributed by atoms with Crippen LogP contribution in [0.4, 0.5) is 5.69 Å². The maximum Gasteiger partial charge on any atom is 0.237 e.